The van der Waals surface area contributed by atoms with Crippen LogP contribution in [0.2, 0.25) is 0 Å². The van der Waals surface area contributed by atoms with E-state index in [9.17, 15) is 4.79 Å². The van der Waals surface area contributed by atoms with Gasteiger partial charge in [0, 0.05) is 11.3 Å². The predicted molar refractivity (Wildman–Crippen MR) is 82.3 cm³/mol. The van der Waals surface area contributed by atoms with Crippen molar-refractivity contribution in [1.29, 1.82) is 0 Å². The van der Waals surface area contributed by atoms with Gasteiger partial charge >= 0.3 is 5.97 Å². The van der Waals surface area contributed by atoms with E-state index in [1.165, 1.54) is 12.8 Å². The summed E-state index contributed by atoms with van der Waals surface area (Å²) < 4.78 is 6.25. The quantitative estimate of drug-likeness (QED) is 0.693. The van der Waals surface area contributed by atoms with Crippen LogP contribution in [0, 0.1) is 28.6 Å². The number of fused-ring (bicyclic) bond motifs is 2. The van der Waals surface area contributed by atoms with Crippen molar-refractivity contribution in [2.24, 2.45) is 28.6 Å². The normalized spacial score (nSPS) is 37.0. The summed E-state index contributed by atoms with van der Waals surface area (Å²) in [7, 11) is 0. The third-order valence-electron chi connectivity index (χ3n) is 6.43. The zero-order valence-electron chi connectivity index (χ0n) is 14.4. The number of ether oxygens (including phenoxy) is 1. The van der Waals surface area contributed by atoms with Gasteiger partial charge in [-0.3, -0.25) is 4.79 Å². The van der Waals surface area contributed by atoms with Crippen LogP contribution in [0.25, 0.3) is 0 Å². The van der Waals surface area contributed by atoms with Gasteiger partial charge in [0.15, 0.2) is 0 Å². The van der Waals surface area contributed by atoms with E-state index in [0.717, 1.165) is 12.8 Å². The summed E-state index contributed by atoms with van der Waals surface area (Å²) in [5, 5.41) is 0. The Bertz CT molecular complexity index is 391. The molecule has 4 unspecified atom stereocenters. The minimum atomic E-state index is -0.264. The van der Waals surface area contributed by atoms with Gasteiger partial charge in [-0.2, -0.15) is 0 Å². The molecule has 0 aromatic heterocycles. The van der Waals surface area contributed by atoms with Crippen LogP contribution in [0.4, 0.5) is 0 Å². The zero-order valence-corrected chi connectivity index (χ0v) is 14.4. The fourth-order valence-corrected chi connectivity index (χ4v) is 4.65. The van der Waals surface area contributed by atoms with Crippen molar-refractivity contribution in [3.8, 4) is 0 Å². The SMILES string of the molecule is CCC(C)C(=O)OC1(C(C)(C)C)CC2CCC1C2(C)C. The van der Waals surface area contributed by atoms with Crippen LogP contribution < -0.4 is 0 Å². The first kappa shape index (κ1) is 15.9. The molecule has 2 bridgehead atoms. The van der Waals surface area contributed by atoms with Gasteiger partial charge in [-0.1, -0.05) is 48.5 Å². The second-order valence-electron chi connectivity index (χ2n) is 8.72. The molecule has 116 valence electrons. The maximum Gasteiger partial charge on any atom is 0.309 e. The number of hydrogen-bond donors (Lipinski definition) is 0. The molecule has 20 heavy (non-hydrogen) atoms. The van der Waals surface area contributed by atoms with Gasteiger partial charge in [0.1, 0.15) is 5.60 Å². The van der Waals surface area contributed by atoms with Gasteiger partial charge in [-0.25, -0.2) is 0 Å². The smallest absolute Gasteiger partial charge is 0.309 e. The van der Waals surface area contributed by atoms with Crippen molar-refractivity contribution in [3.05, 3.63) is 0 Å². The Morgan fingerprint density at radius 1 is 1.30 bits per heavy atom. The summed E-state index contributed by atoms with van der Waals surface area (Å²) >= 11 is 0. The molecule has 0 aliphatic heterocycles. The van der Waals surface area contributed by atoms with Gasteiger partial charge in [0.25, 0.3) is 0 Å². The van der Waals surface area contributed by atoms with E-state index < -0.39 is 0 Å². The molecular formula is C18H32O2. The van der Waals surface area contributed by atoms with Crippen molar-refractivity contribution in [2.75, 3.05) is 0 Å². The molecule has 2 aliphatic carbocycles. The third-order valence-corrected chi connectivity index (χ3v) is 6.43. The van der Waals surface area contributed by atoms with Crippen LogP contribution in [0.15, 0.2) is 0 Å². The molecule has 0 heterocycles. The van der Waals surface area contributed by atoms with Gasteiger partial charge in [0.2, 0.25) is 0 Å². The average molecular weight is 280 g/mol. The first-order valence-electron chi connectivity index (χ1n) is 8.29. The molecule has 2 fully saturated rings. The molecule has 2 aliphatic rings. The fraction of sp³-hybridized carbons (Fsp3) is 0.944. The van der Waals surface area contributed by atoms with E-state index in [1.807, 2.05) is 6.92 Å². The Morgan fingerprint density at radius 2 is 1.90 bits per heavy atom. The zero-order chi connectivity index (χ0) is 15.3. The molecule has 2 rings (SSSR count). The highest BCUT2D eigenvalue weighted by molar-refractivity contribution is 5.72. The average Bonchev–Trinajstić information content (AvgIpc) is 2.74. The van der Waals surface area contributed by atoms with E-state index in [4.69, 9.17) is 4.74 Å². The lowest BCUT2D eigenvalue weighted by Crippen LogP contribution is -2.52. The van der Waals surface area contributed by atoms with E-state index in [-0.39, 0.29) is 22.9 Å². The minimum absolute atomic E-state index is 0.00535. The highest BCUT2D eigenvalue weighted by Gasteiger charge is 2.67. The second-order valence-corrected chi connectivity index (χ2v) is 8.72. The number of carbonyl (C=O) groups excluding carboxylic acids is 1. The van der Waals surface area contributed by atoms with Crippen LogP contribution >= 0.6 is 0 Å². The maximum atomic E-state index is 12.4. The molecule has 0 aromatic carbocycles. The summed E-state index contributed by atoms with van der Waals surface area (Å²) in [6.45, 7) is 15.5. The molecule has 0 spiro atoms. The van der Waals surface area contributed by atoms with Crippen LogP contribution in [0.3, 0.4) is 0 Å². The van der Waals surface area contributed by atoms with Crippen LogP contribution in [-0.4, -0.2) is 11.6 Å². The van der Waals surface area contributed by atoms with Crippen molar-refractivity contribution in [1.82, 2.24) is 0 Å². The Labute approximate surface area is 124 Å². The summed E-state index contributed by atoms with van der Waals surface area (Å²) in [6.07, 6.45) is 4.42. The van der Waals surface area contributed by atoms with Crippen molar-refractivity contribution in [2.45, 2.75) is 79.8 Å². The molecule has 0 N–H and O–H groups in total. The van der Waals surface area contributed by atoms with E-state index in [1.54, 1.807) is 0 Å². The predicted octanol–water partition coefficient (Wildman–Crippen LogP) is 4.82. The van der Waals surface area contributed by atoms with Gasteiger partial charge in [-0.05, 0) is 37.0 Å². The largest absolute Gasteiger partial charge is 0.458 e. The van der Waals surface area contributed by atoms with Crippen LogP contribution in [-0.2, 0) is 9.53 Å². The van der Waals surface area contributed by atoms with E-state index >= 15 is 0 Å². The molecule has 2 heteroatoms. The third kappa shape index (κ3) is 2.10. The van der Waals surface area contributed by atoms with Gasteiger partial charge in [0.05, 0.1) is 5.92 Å². The molecule has 2 nitrogen and oxygen atoms in total. The van der Waals surface area contributed by atoms with Crippen molar-refractivity contribution >= 4 is 5.97 Å². The van der Waals surface area contributed by atoms with E-state index in [2.05, 4.69) is 41.5 Å². The number of esters is 1. The summed E-state index contributed by atoms with van der Waals surface area (Å²) in [5.41, 5.74) is 0.0518. The Balaban J connectivity index is 2.33. The van der Waals surface area contributed by atoms with Crippen LogP contribution in [0.5, 0.6) is 0 Å². The molecule has 4 atom stereocenters. The Kier molecular flexibility index (Phi) is 3.76. The van der Waals surface area contributed by atoms with E-state index in [0.29, 0.717) is 17.3 Å². The molecule has 0 radical (unpaired) electrons. The van der Waals surface area contributed by atoms with Gasteiger partial charge in [-0.15, -0.1) is 0 Å². The number of hydrogen-bond acceptors (Lipinski definition) is 2. The maximum absolute atomic E-state index is 12.4. The summed E-state index contributed by atoms with van der Waals surface area (Å²) in [5.74, 6) is 1.23. The lowest BCUT2D eigenvalue weighted by Gasteiger charge is -2.48. The minimum Gasteiger partial charge on any atom is -0.458 e. The van der Waals surface area contributed by atoms with Crippen LogP contribution in [0.1, 0.15) is 74.1 Å². The Hall–Kier alpha value is -0.530. The molecule has 0 amide bonds. The fourth-order valence-electron chi connectivity index (χ4n) is 4.65. The highest BCUT2D eigenvalue weighted by Crippen LogP contribution is 2.67. The van der Waals surface area contributed by atoms with Gasteiger partial charge < -0.3 is 4.74 Å². The number of carbonyl (C=O) groups is 1. The highest BCUT2D eigenvalue weighted by atomic mass is 16.6. The van der Waals surface area contributed by atoms with Crippen molar-refractivity contribution in [3.63, 3.8) is 0 Å². The topological polar surface area (TPSA) is 26.3 Å². The first-order valence-corrected chi connectivity index (χ1v) is 8.29. The molecular weight excluding hydrogens is 248 g/mol. The first-order chi connectivity index (χ1) is 9.06. The second kappa shape index (κ2) is 4.74. The summed E-state index contributed by atoms with van der Waals surface area (Å²) in [4.78, 5) is 12.4. The van der Waals surface area contributed by atoms with Crippen molar-refractivity contribution < 1.29 is 9.53 Å². The molecule has 0 aromatic rings. The molecule has 0 saturated heterocycles. The lowest BCUT2D eigenvalue weighted by atomic mass is 9.65. The number of rotatable bonds is 3. The standard InChI is InChI=1S/C18H32O2/c1-8-12(2)15(19)20-18(16(3,4)5)11-13-9-10-14(18)17(13,6)7/h12-14H,8-11H2,1-7H3. The summed E-state index contributed by atoms with van der Waals surface area (Å²) in [6, 6.07) is 0. The monoisotopic (exact) mass is 280 g/mol. The Morgan fingerprint density at radius 3 is 2.25 bits per heavy atom. The lowest BCUT2D eigenvalue weighted by molar-refractivity contribution is -0.191. The molecule has 2 saturated carbocycles.